The molecule has 2 aliphatic rings. The molecule has 1 aromatic heterocycles. The zero-order valence-corrected chi connectivity index (χ0v) is 12.2. The number of hydrogen-bond donors (Lipinski definition) is 2. The first kappa shape index (κ1) is 13.1. The van der Waals surface area contributed by atoms with E-state index in [1.54, 1.807) is 0 Å². The van der Waals surface area contributed by atoms with Crippen molar-refractivity contribution in [3.63, 3.8) is 0 Å². The number of hydrogen-bond acceptors (Lipinski definition) is 3. The molecule has 0 radical (unpaired) electrons. The van der Waals surface area contributed by atoms with Crippen molar-refractivity contribution in [3.8, 4) is 0 Å². The summed E-state index contributed by atoms with van der Waals surface area (Å²) in [7, 11) is 0. The van der Waals surface area contributed by atoms with Gasteiger partial charge in [0.2, 0.25) is 5.91 Å². The smallest absolute Gasteiger partial charge is 0.227 e. The number of carbonyl (C=O) groups excluding carboxylic acids is 1. The zero-order chi connectivity index (χ0) is 13.3. The summed E-state index contributed by atoms with van der Waals surface area (Å²) in [6, 6.07) is 2.27. The number of carbonyl (C=O) groups is 1. The number of nitrogens with one attached hydrogen (secondary N) is 1. The van der Waals surface area contributed by atoms with Crippen molar-refractivity contribution in [3.05, 3.63) is 21.4 Å². The third-order valence-corrected chi connectivity index (χ3v) is 5.89. The Morgan fingerprint density at radius 2 is 2.11 bits per heavy atom. The number of fused-ring (bicyclic) bond motifs is 1. The van der Waals surface area contributed by atoms with E-state index in [0.717, 1.165) is 25.7 Å². The number of rotatable bonds is 4. The molecule has 0 unspecified atom stereocenters. The van der Waals surface area contributed by atoms with Crippen molar-refractivity contribution < 1.29 is 4.79 Å². The lowest BCUT2D eigenvalue weighted by molar-refractivity contribution is -0.130. The second kappa shape index (κ2) is 5.25. The van der Waals surface area contributed by atoms with Gasteiger partial charge in [-0.15, -0.1) is 11.3 Å². The van der Waals surface area contributed by atoms with Crippen LogP contribution in [0.15, 0.2) is 6.07 Å². The minimum Gasteiger partial charge on any atom is -0.351 e. The van der Waals surface area contributed by atoms with Crippen LogP contribution in [0, 0.1) is 5.41 Å². The Balaban J connectivity index is 1.60. The summed E-state index contributed by atoms with van der Waals surface area (Å²) in [6.45, 7) is 1.16. The van der Waals surface area contributed by atoms with Gasteiger partial charge in [0.25, 0.3) is 0 Å². The summed E-state index contributed by atoms with van der Waals surface area (Å²) < 4.78 is 0. The summed E-state index contributed by atoms with van der Waals surface area (Å²) in [4.78, 5) is 15.2. The van der Waals surface area contributed by atoms with Gasteiger partial charge in [-0.05, 0) is 43.7 Å². The molecule has 0 spiro atoms. The van der Waals surface area contributed by atoms with Crippen LogP contribution in [0.5, 0.6) is 0 Å². The van der Waals surface area contributed by atoms with E-state index in [2.05, 4.69) is 11.4 Å². The molecule has 0 bridgehead atoms. The first-order valence-corrected chi connectivity index (χ1v) is 8.14. The van der Waals surface area contributed by atoms with E-state index < -0.39 is 0 Å². The van der Waals surface area contributed by atoms with Crippen LogP contribution in [0.1, 0.15) is 47.4 Å². The second-order valence-electron chi connectivity index (χ2n) is 5.89. The highest BCUT2D eigenvalue weighted by Gasteiger charge is 2.39. The van der Waals surface area contributed by atoms with E-state index in [4.69, 9.17) is 5.73 Å². The molecular formula is C15H22N2OS. The van der Waals surface area contributed by atoms with Crippen molar-refractivity contribution in [2.45, 2.75) is 51.5 Å². The Labute approximate surface area is 118 Å². The van der Waals surface area contributed by atoms with E-state index in [0.29, 0.717) is 13.1 Å². The van der Waals surface area contributed by atoms with E-state index in [-0.39, 0.29) is 11.3 Å². The molecule has 1 aromatic rings. The molecule has 2 aliphatic carbocycles. The number of aryl methyl sites for hydroxylation is 2. The second-order valence-corrected chi connectivity index (χ2v) is 7.11. The van der Waals surface area contributed by atoms with Crippen molar-refractivity contribution in [1.82, 2.24) is 5.32 Å². The van der Waals surface area contributed by atoms with Crippen LogP contribution in [0.3, 0.4) is 0 Å². The van der Waals surface area contributed by atoms with Gasteiger partial charge in [-0.25, -0.2) is 0 Å². The Bertz CT molecular complexity index is 453. The fourth-order valence-electron chi connectivity index (χ4n) is 3.41. The topological polar surface area (TPSA) is 55.1 Å². The van der Waals surface area contributed by atoms with Crippen LogP contribution in [-0.4, -0.2) is 12.5 Å². The quantitative estimate of drug-likeness (QED) is 0.888. The predicted octanol–water partition coefficient (Wildman–Crippen LogP) is 2.37. The van der Waals surface area contributed by atoms with Gasteiger partial charge in [0.15, 0.2) is 0 Å². The lowest BCUT2D eigenvalue weighted by Gasteiger charge is -2.25. The van der Waals surface area contributed by atoms with Crippen LogP contribution < -0.4 is 11.1 Å². The SMILES string of the molecule is NCC1(C(=O)NCc2cc3c(s2)CCC3)CCCC1. The predicted molar refractivity (Wildman–Crippen MR) is 78.1 cm³/mol. The highest BCUT2D eigenvalue weighted by atomic mass is 32.1. The maximum atomic E-state index is 12.4. The molecule has 3 rings (SSSR count). The summed E-state index contributed by atoms with van der Waals surface area (Å²) in [5.74, 6) is 0.168. The highest BCUT2D eigenvalue weighted by Crippen LogP contribution is 2.37. The van der Waals surface area contributed by atoms with Gasteiger partial charge in [-0.3, -0.25) is 4.79 Å². The third kappa shape index (κ3) is 2.43. The van der Waals surface area contributed by atoms with Gasteiger partial charge < -0.3 is 11.1 Å². The molecule has 4 heteroatoms. The molecule has 19 heavy (non-hydrogen) atoms. The van der Waals surface area contributed by atoms with Gasteiger partial charge >= 0.3 is 0 Å². The van der Waals surface area contributed by atoms with Gasteiger partial charge in [-0.2, -0.15) is 0 Å². The average molecular weight is 278 g/mol. The Morgan fingerprint density at radius 1 is 1.32 bits per heavy atom. The standard InChI is InChI=1S/C15H22N2OS/c16-10-15(6-1-2-7-15)14(18)17-9-12-8-11-4-3-5-13(11)19-12/h8H,1-7,9-10,16H2,(H,17,18). The summed E-state index contributed by atoms with van der Waals surface area (Å²) in [6.07, 6.45) is 7.92. The largest absolute Gasteiger partial charge is 0.351 e. The van der Waals surface area contributed by atoms with Gasteiger partial charge in [0.05, 0.1) is 12.0 Å². The minimum atomic E-state index is -0.278. The minimum absolute atomic E-state index is 0.168. The summed E-state index contributed by atoms with van der Waals surface area (Å²) >= 11 is 1.87. The lowest BCUT2D eigenvalue weighted by Crippen LogP contribution is -2.43. The first-order chi connectivity index (χ1) is 9.23. The van der Waals surface area contributed by atoms with Gasteiger partial charge in [-0.1, -0.05) is 12.8 Å². The van der Waals surface area contributed by atoms with Crippen LogP contribution in [0.25, 0.3) is 0 Å². The number of nitrogens with two attached hydrogens (primary N) is 1. The van der Waals surface area contributed by atoms with Crippen LogP contribution in [0.2, 0.25) is 0 Å². The van der Waals surface area contributed by atoms with E-state index in [1.165, 1.54) is 34.6 Å². The van der Waals surface area contributed by atoms with Crippen LogP contribution in [0.4, 0.5) is 0 Å². The first-order valence-electron chi connectivity index (χ1n) is 7.32. The molecular weight excluding hydrogens is 256 g/mol. The van der Waals surface area contributed by atoms with Crippen molar-refractivity contribution >= 4 is 17.2 Å². The normalized spacial score (nSPS) is 20.5. The maximum Gasteiger partial charge on any atom is 0.227 e. The number of thiophene rings is 1. The monoisotopic (exact) mass is 278 g/mol. The Kier molecular flexibility index (Phi) is 3.63. The zero-order valence-electron chi connectivity index (χ0n) is 11.3. The molecule has 1 saturated carbocycles. The van der Waals surface area contributed by atoms with Crippen molar-refractivity contribution in [1.29, 1.82) is 0 Å². The molecule has 1 amide bonds. The van der Waals surface area contributed by atoms with Crippen molar-refractivity contribution in [2.24, 2.45) is 11.1 Å². The fourth-order valence-corrected chi connectivity index (χ4v) is 4.61. The van der Waals surface area contributed by atoms with E-state index in [1.807, 2.05) is 11.3 Å². The molecule has 1 heterocycles. The molecule has 0 aromatic carbocycles. The molecule has 0 aliphatic heterocycles. The molecule has 3 nitrogen and oxygen atoms in total. The van der Waals surface area contributed by atoms with Crippen molar-refractivity contribution in [2.75, 3.05) is 6.54 Å². The Hall–Kier alpha value is -0.870. The summed E-state index contributed by atoms with van der Waals surface area (Å²) in [5.41, 5.74) is 7.06. The Morgan fingerprint density at radius 3 is 2.79 bits per heavy atom. The molecule has 104 valence electrons. The molecule has 0 atom stereocenters. The third-order valence-electron chi connectivity index (χ3n) is 4.65. The van der Waals surface area contributed by atoms with Crippen LogP contribution >= 0.6 is 11.3 Å². The molecule has 3 N–H and O–H groups in total. The summed E-state index contributed by atoms with van der Waals surface area (Å²) in [5, 5.41) is 3.11. The fraction of sp³-hybridized carbons (Fsp3) is 0.667. The molecule has 1 fully saturated rings. The highest BCUT2D eigenvalue weighted by molar-refractivity contribution is 7.12. The van der Waals surface area contributed by atoms with E-state index in [9.17, 15) is 4.79 Å². The van der Waals surface area contributed by atoms with Gasteiger partial charge in [0, 0.05) is 16.3 Å². The molecule has 0 saturated heterocycles. The number of amides is 1. The lowest BCUT2D eigenvalue weighted by atomic mass is 9.85. The van der Waals surface area contributed by atoms with E-state index >= 15 is 0 Å². The van der Waals surface area contributed by atoms with Crippen LogP contribution in [-0.2, 0) is 24.2 Å². The maximum absolute atomic E-state index is 12.4. The average Bonchev–Trinajstić information content (AvgIpc) is 3.11. The van der Waals surface area contributed by atoms with Gasteiger partial charge in [0.1, 0.15) is 0 Å².